The van der Waals surface area contributed by atoms with Gasteiger partial charge in [-0.05, 0) is 42.8 Å². The van der Waals surface area contributed by atoms with Gasteiger partial charge in [-0.25, -0.2) is 0 Å². The summed E-state index contributed by atoms with van der Waals surface area (Å²) in [7, 11) is 1.86. The van der Waals surface area contributed by atoms with E-state index in [1.165, 1.54) is 4.68 Å². The van der Waals surface area contributed by atoms with Gasteiger partial charge in [0.1, 0.15) is 5.69 Å². The molecule has 3 aliphatic rings. The molecule has 0 saturated heterocycles. The van der Waals surface area contributed by atoms with Gasteiger partial charge in [0.15, 0.2) is 5.76 Å². The highest BCUT2D eigenvalue weighted by Gasteiger charge is 2.23. The molecule has 0 bridgehead atoms. The summed E-state index contributed by atoms with van der Waals surface area (Å²) in [5.74, 6) is 0.712. The Labute approximate surface area is 177 Å². The van der Waals surface area contributed by atoms with E-state index in [-0.39, 0.29) is 5.56 Å². The summed E-state index contributed by atoms with van der Waals surface area (Å²) in [6.45, 7) is 1.97. The molecule has 0 atom stereocenters. The summed E-state index contributed by atoms with van der Waals surface area (Å²) in [4.78, 5) is 21.7. The zero-order valence-electron chi connectivity index (χ0n) is 16.3. The second-order valence-corrected chi connectivity index (χ2v) is 7.56. The average Bonchev–Trinajstić information content (AvgIpc) is 3.32. The number of nitrogens with one attached hydrogen (secondary N) is 2. The minimum Gasteiger partial charge on any atom is -0.387 e. The number of aromatic amines is 1. The first-order chi connectivity index (χ1) is 14.5. The van der Waals surface area contributed by atoms with Crippen LogP contribution in [0.25, 0.3) is 33.8 Å². The maximum atomic E-state index is 13.0. The van der Waals surface area contributed by atoms with Gasteiger partial charge in [-0.2, -0.15) is 9.78 Å². The average molecular weight is 420 g/mol. The van der Waals surface area contributed by atoms with Crippen LogP contribution in [0.3, 0.4) is 0 Å². The lowest BCUT2D eigenvalue weighted by Gasteiger charge is -2.11. The molecule has 30 heavy (non-hydrogen) atoms. The molecule has 0 radical (unpaired) electrons. The number of halogens is 1. The SMILES string of the molecule is Cc1[nH]cc2c(=O)n(-c3ccc(Cl)cc3)nc-2c1-c1cccc(C2=CN(C)NO2)c1. The van der Waals surface area contributed by atoms with Crippen molar-refractivity contribution in [1.29, 1.82) is 0 Å². The summed E-state index contributed by atoms with van der Waals surface area (Å²) in [5, 5.41) is 7.00. The molecule has 5 rings (SSSR count). The van der Waals surface area contributed by atoms with Gasteiger partial charge >= 0.3 is 0 Å². The molecule has 3 aliphatic heterocycles. The van der Waals surface area contributed by atoms with E-state index >= 15 is 0 Å². The lowest BCUT2D eigenvalue weighted by Crippen LogP contribution is -2.22. The summed E-state index contributed by atoms with van der Waals surface area (Å²) in [6.07, 6.45) is 3.57. The molecule has 3 heterocycles. The number of pyridine rings is 1. The predicted octanol–water partition coefficient (Wildman–Crippen LogP) is 3.97. The smallest absolute Gasteiger partial charge is 0.282 e. The molecule has 2 N–H and O–H groups in total. The number of aryl methyl sites for hydroxylation is 1. The highest BCUT2D eigenvalue weighted by molar-refractivity contribution is 6.30. The van der Waals surface area contributed by atoms with E-state index < -0.39 is 0 Å². The van der Waals surface area contributed by atoms with E-state index in [9.17, 15) is 4.79 Å². The van der Waals surface area contributed by atoms with Gasteiger partial charge in [0.2, 0.25) is 0 Å². The van der Waals surface area contributed by atoms with Crippen molar-refractivity contribution in [3.63, 3.8) is 0 Å². The van der Waals surface area contributed by atoms with Gasteiger partial charge in [0, 0.05) is 35.1 Å². The van der Waals surface area contributed by atoms with Crippen molar-refractivity contribution in [3.8, 4) is 28.1 Å². The van der Waals surface area contributed by atoms with E-state index in [4.69, 9.17) is 16.4 Å². The predicted molar refractivity (Wildman–Crippen MR) is 116 cm³/mol. The normalized spacial score (nSPS) is 13.6. The molecule has 0 aromatic heterocycles. The Morgan fingerprint density at radius 2 is 1.87 bits per heavy atom. The quantitative estimate of drug-likeness (QED) is 0.525. The van der Waals surface area contributed by atoms with Crippen LogP contribution < -0.4 is 11.1 Å². The van der Waals surface area contributed by atoms with Gasteiger partial charge in [0.05, 0.1) is 17.5 Å². The Morgan fingerprint density at radius 1 is 1.10 bits per heavy atom. The maximum absolute atomic E-state index is 13.0. The molecule has 0 aliphatic carbocycles. The zero-order chi connectivity index (χ0) is 20.8. The van der Waals surface area contributed by atoms with Crippen LogP contribution >= 0.6 is 11.6 Å². The lowest BCUT2D eigenvalue weighted by molar-refractivity contribution is 0.0649. The van der Waals surface area contributed by atoms with Crippen LogP contribution in [0.4, 0.5) is 0 Å². The first-order valence-electron chi connectivity index (χ1n) is 9.36. The van der Waals surface area contributed by atoms with E-state index in [0.29, 0.717) is 27.7 Å². The molecule has 0 fully saturated rings. The van der Waals surface area contributed by atoms with Crippen LogP contribution in [-0.4, -0.2) is 26.8 Å². The Balaban J connectivity index is 1.68. The Hall–Kier alpha value is -3.55. The fraction of sp³-hybridized carbons (Fsp3) is 0.0909. The number of hydrazine groups is 1. The third-order valence-electron chi connectivity index (χ3n) is 5.04. The molecule has 7 nitrogen and oxygen atoms in total. The molecular weight excluding hydrogens is 402 g/mol. The van der Waals surface area contributed by atoms with Crippen molar-refractivity contribution in [2.75, 3.05) is 7.05 Å². The topological polar surface area (TPSA) is 75.2 Å². The van der Waals surface area contributed by atoms with E-state index in [1.54, 1.807) is 35.5 Å². The fourth-order valence-electron chi connectivity index (χ4n) is 3.58. The summed E-state index contributed by atoms with van der Waals surface area (Å²) >= 11 is 5.99. The van der Waals surface area contributed by atoms with Crippen LogP contribution in [-0.2, 0) is 4.84 Å². The van der Waals surface area contributed by atoms with Crippen LogP contribution in [0.2, 0.25) is 5.02 Å². The summed E-state index contributed by atoms with van der Waals surface area (Å²) < 4.78 is 1.41. The van der Waals surface area contributed by atoms with Gasteiger partial charge in [0.25, 0.3) is 5.56 Å². The van der Waals surface area contributed by atoms with Gasteiger partial charge in [-0.1, -0.05) is 35.4 Å². The maximum Gasteiger partial charge on any atom is 0.282 e. The van der Waals surface area contributed by atoms with Crippen molar-refractivity contribution < 1.29 is 4.84 Å². The Bertz CT molecular complexity index is 1310. The first kappa shape index (κ1) is 18.5. The molecule has 2 aromatic rings. The van der Waals surface area contributed by atoms with Crippen molar-refractivity contribution in [3.05, 3.63) is 87.6 Å². The van der Waals surface area contributed by atoms with Crippen LogP contribution in [0.1, 0.15) is 11.3 Å². The van der Waals surface area contributed by atoms with Crippen molar-refractivity contribution in [2.24, 2.45) is 0 Å². The standard InChI is InChI=1S/C22H18ClN5O2/c1-13-20(15-5-3-4-14(10-15)19-12-27(2)26-30-19)21-18(11-24-13)22(29)28(25-21)17-8-6-16(23)7-9-17/h3-12,24,26H,1-2H3. The molecule has 150 valence electrons. The second kappa shape index (κ2) is 7.05. The minimum atomic E-state index is -0.186. The number of hydrogen-bond donors (Lipinski definition) is 2. The highest BCUT2D eigenvalue weighted by atomic mass is 35.5. The largest absolute Gasteiger partial charge is 0.387 e. The first-order valence-corrected chi connectivity index (χ1v) is 9.74. The number of benzene rings is 2. The lowest BCUT2D eigenvalue weighted by atomic mass is 9.97. The summed E-state index contributed by atoms with van der Waals surface area (Å²) in [6, 6.07) is 15.0. The van der Waals surface area contributed by atoms with Gasteiger partial charge in [-0.15, -0.1) is 0 Å². The number of hydrogen-bond acceptors (Lipinski definition) is 5. The monoisotopic (exact) mass is 419 g/mol. The number of H-pyrrole nitrogens is 1. The van der Waals surface area contributed by atoms with Crippen molar-refractivity contribution in [2.45, 2.75) is 6.92 Å². The van der Waals surface area contributed by atoms with Crippen LogP contribution in [0.5, 0.6) is 0 Å². The van der Waals surface area contributed by atoms with Gasteiger partial charge < -0.3 is 9.82 Å². The van der Waals surface area contributed by atoms with E-state index in [2.05, 4.69) is 15.7 Å². The molecule has 0 amide bonds. The molecule has 8 heteroatoms. The Morgan fingerprint density at radius 3 is 2.60 bits per heavy atom. The molecule has 0 saturated carbocycles. The third kappa shape index (κ3) is 3.04. The number of aromatic nitrogens is 3. The summed E-state index contributed by atoms with van der Waals surface area (Å²) in [5.41, 5.74) is 8.05. The van der Waals surface area contributed by atoms with Crippen LogP contribution in [0, 0.1) is 6.92 Å². The number of fused-ring (bicyclic) bond motifs is 1. The number of rotatable bonds is 3. The molecule has 0 spiro atoms. The molecular formula is C22H18ClN5O2. The molecule has 2 aromatic carbocycles. The third-order valence-corrected chi connectivity index (χ3v) is 5.29. The van der Waals surface area contributed by atoms with E-state index in [0.717, 1.165) is 22.4 Å². The Kier molecular flexibility index (Phi) is 4.34. The molecule has 0 unspecified atom stereocenters. The highest BCUT2D eigenvalue weighted by Crippen LogP contribution is 2.34. The van der Waals surface area contributed by atoms with Crippen molar-refractivity contribution >= 4 is 17.4 Å². The second-order valence-electron chi connectivity index (χ2n) is 7.12. The van der Waals surface area contributed by atoms with Crippen LogP contribution in [0.15, 0.2) is 65.7 Å². The number of nitrogens with zero attached hydrogens (tertiary/aromatic N) is 3. The fourth-order valence-corrected chi connectivity index (χ4v) is 3.71. The van der Waals surface area contributed by atoms with Gasteiger partial charge in [-0.3, -0.25) is 9.80 Å². The zero-order valence-corrected chi connectivity index (χ0v) is 17.1. The minimum absolute atomic E-state index is 0.186. The van der Waals surface area contributed by atoms with E-state index in [1.807, 2.05) is 44.4 Å². The van der Waals surface area contributed by atoms with Crippen molar-refractivity contribution in [1.82, 2.24) is 25.4 Å².